The van der Waals surface area contributed by atoms with Gasteiger partial charge >= 0.3 is 0 Å². The predicted octanol–water partition coefficient (Wildman–Crippen LogP) is 0.918. The minimum atomic E-state index is -2.97. The van der Waals surface area contributed by atoms with E-state index >= 15 is 0 Å². The number of sulfone groups is 1. The molecule has 8 heteroatoms. The van der Waals surface area contributed by atoms with Crippen LogP contribution in [0, 0.1) is 11.8 Å². The second kappa shape index (κ2) is 5.74. The van der Waals surface area contributed by atoms with E-state index in [0.29, 0.717) is 12.0 Å². The van der Waals surface area contributed by atoms with Gasteiger partial charge in [-0.3, -0.25) is 4.79 Å². The van der Waals surface area contributed by atoms with E-state index in [4.69, 9.17) is 4.74 Å². The van der Waals surface area contributed by atoms with Crippen LogP contribution in [0.1, 0.15) is 25.7 Å². The van der Waals surface area contributed by atoms with Crippen LogP contribution < -0.4 is 0 Å². The molecule has 2 aliphatic carbocycles. The maximum Gasteiger partial charge on any atom is 0.274 e. The number of carbonyl (C=O) groups is 1. The minimum absolute atomic E-state index is 0.0107. The Hall–Kier alpha value is -0.600. The van der Waals surface area contributed by atoms with Gasteiger partial charge in [0.2, 0.25) is 0 Å². The van der Waals surface area contributed by atoms with Crippen LogP contribution >= 0.6 is 11.8 Å². The zero-order chi connectivity index (χ0) is 16.2. The van der Waals surface area contributed by atoms with Crippen LogP contribution in [0.5, 0.6) is 0 Å². The zero-order valence-corrected chi connectivity index (χ0v) is 14.8. The van der Waals surface area contributed by atoms with Crippen LogP contribution in [0.2, 0.25) is 0 Å². The first kappa shape index (κ1) is 15.9. The summed E-state index contributed by atoms with van der Waals surface area (Å²) in [6, 6.07) is 0.349. The lowest BCUT2D eigenvalue weighted by Gasteiger charge is -2.36. The Morgan fingerprint density at radius 1 is 1.30 bits per heavy atom. The van der Waals surface area contributed by atoms with Crippen LogP contribution in [0.15, 0.2) is 4.99 Å². The van der Waals surface area contributed by atoms with Gasteiger partial charge in [-0.05, 0) is 31.1 Å². The molecule has 2 aliphatic heterocycles. The van der Waals surface area contributed by atoms with E-state index in [1.165, 1.54) is 38.1 Å². The predicted molar refractivity (Wildman–Crippen MR) is 89.2 cm³/mol. The number of carbonyl (C=O) groups excluding carboxylic acids is 1. The molecule has 2 heterocycles. The molecule has 4 rings (SSSR count). The summed E-state index contributed by atoms with van der Waals surface area (Å²) in [6.45, 7) is -0.0255. The van der Waals surface area contributed by atoms with Gasteiger partial charge in [0.25, 0.3) is 5.91 Å². The van der Waals surface area contributed by atoms with E-state index in [9.17, 15) is 13.2 Å². The number of aliphatic imine (C=N–C) groups is 1. The van der Waals surface area contributed by atoms with Crippen LogP contribution in [-0.4, -0.2) is 66.9 Å². The molecule has 4 fully saturated rings. The van der Waals surface area contributed by atoms with Crippen molar-refractivity contribution in [2.24, 2.45) is 16.8 Å². The first-order valence-corrected chi connectivity index (χ1v) is 10.9. The van der Waals surface area contributed by atoms with E-state index in [0.717, 1.165) is 17.5 Å². The highest BCUT2D eigenvalue weighted by Gasteiger charge is 2.54. The minimum Gasteiger partial charge on any atom is -0.375 e. The molecule has 23 heavy (non-hydrogen) atoms. The third-order valence-electron chi connectivity index (χ3n) is 5.65. The van der Waals surface area contributed by atoms with E-state index in [1.807, 2.05) is 0 Å². The summed E-state index contributed by atoms with van der Waals surface area (Å²) in [6.07, 6.45) is 4.88. The quantitative estimate of drug-likeness (QED) is 0.747. The maximum atomic E-state index is 12.0. The first-order valence-electron chi connectivity index (χ1n) is 8.22. The highest BCUT2D eigenvalue weighted by molar-refractivity contribution is 8.15. The summed E-state index contributed by atoms with van der Waals surface area (Å²) in [5.74, 6) is 1.52. The number of hydrogen-bond acceptors (Lipinski definition) is 5. The van der Waals surface area contributed by atoms with Gasteiger partial charge in [-0.1, -0.05) is 18.2 Å². The molecule has 0 aromatic heterocycles. The van der Waals surface area contributed by atoms with E-state index in [-0.39, 0.29) is 35.3 Å². The average Bonchev–Trinajstić information content (AvgIpc) is 3.18. The normalized spacial score (nSPS) is 42.6. The average molecular weight is 358 g/mol. The van der Waals surface area contributed by atoms with Crippen molar-refractivity contribution in [2.45, 2.75) is 43.0 Å². The van der Waals surface area contributed by atoms with Crippen LogP contribution in [0.3, 0.4) is 0 Å². The molecule has 0 N–H and O–H groups in total. The molecule has 0 spiro atoms. The highest BCUT2D eigenvalue weighted by atomic mass is 32.2. The largest absolute Gasteiger partial charge is 0.375 e. The zero-order valence-electron chi connectivity index (χ0n) is 13.2. The van der Waals surface area contributed by atoms with Crippen LogP contribution in [0.25, 0.3) is 0 Å². The van der Waals surface area contributed by atoms with Gasteiger partial charge in [0.15, 0.2) is 15.0 Å². The van der Waals surface area contributed by atoms with Crippen LogP contribution in [0.4, 0.5) is 0 Å². The maximum absolute atomic E-state index is 12.0. The number of amidine groups is 1. The number of amides is 1. The third-order valence-corrected chi connectivity index (χ3v) is 8.88. The summed E-state index contributed by atoms with van der Waals surface area (Å²) in [5.41, 5.74) is 0. The molecule has 5 atom stereocenters. The molecule has 4 aliphatic rings. The number of rotatable bonds is 3. The number of hydrogen-bond donors (Lipinski definition) is 0. The highest BCUT2D eigenvalue weighted by Crippen LogP contribution is 2.51. The standard InChI is InChI=1S/C15H22N2O4S2/c1-21-6-14(18)16-15-17(11-5-9-2-3-10(11)4-9)12-7-23(19,20)8-13(12)22-15/h9-13H,2-8H2,1H3/t9-,10-,11-,12+,13+/m1/s1. The summed E-state index contributed by atoms with van der Waals surface area (Å²) >= 11 is 1.48. The molecule has 0 aromatic carbocycles. The first-order chi connectivity index (χ1) is 11.0. The lowest BCUT2D eigenvalue weighted by Crippen LogP contribution is -2.47. The SMILES string of the molecule is COCC(=O)N=C1S[C@H]2CS(=O)(=O)C[C@@H]2N1[C@@H]1C[C@@H]2CC[C@@H]1C2. The van der Waals surface area contributed by atoms with Gasteiger partial charge in [-0.15, -0.1) is 0 Å². The second-order valence-corrected chi connectivity index (χ2v) is 10.5. The molecule has 0 aromatic rings. The summed E-state index contributed by atoms with van der Waals surface area (Å²) in [5, 5.41) is 0.753. The van der Waals surface area contributed by atoms with Crippen molar-refractivity contribution in [2.75, 3.05) is 25.2 Å². The Balaban J connectivity index is 1.63. The Morgan fingerprint density at radius 3 is 2.78 bits per heavy atom. The van der Waals surface area contributed by atoms with Crippen molar-refractivity contribution in [3.05, 3.63) is 0 Å². The monoisotopic (exact) mass is 358 g/mol. The summed E-state index contributed by atoms with van der Waals surface area (Å²) < 4.78 is 28.9. The van der Waals surface area contributed by atoms with Crippen molar-refractivity contribution in [1.82, 2.24) is 4.90 Å². The Labute approximate surface area is 141 Å². The van der Waals surface area contributed by atoms with E-state index in [1.54, 1.807) is 0 Å². The third kappa shape index (κ3) is 2.82. The second-order valence-electron chi connectivity index (χ2n) is 7.17. The molecule has 2 saturated heterocycles. The lowest BCUT2D eigenvalue weighted by molar-refractivity contribution is -0.121. The molecule has 128 valence electrons. The van der Waals surface area contributed by atoms with Gasteiger partial charge < -0.3 is 9.64 Å². The molecule has 2 saturated carbocycles. The number of thioether (sulfide) groups is 1. The van der Waals surface area contributed by atoms with Gasteiger partial charge in [-0.25, -0.2) is 8.42 Å². The van der Waals surface area contributed by atoms with Gasteiger partial charge in [0.05, 0.1) is 17.5 Å². The van der Waals surface area contributed by atoms with Gasteiger partial charge in [0, 0.05) is 18.4 Å². The number of nitrogens with zero attached hydrogens (tertiary/aromatic N) is 2. The Kier molecular flexibility index (Phi) is 3.97. The molecule has 0 unspecified atom stereocenters. The fraction of sp³-hybridized carbons (Fsp3) is 0.867. The van der Waals surface area contributed by atoms with Crippen molar-refractivity contribution in [3.8, 4) is 0 Å². The lowest BCUT2D eigenvalue weighted by atomic mass is 9.93. The molecular formula is C15H22N2O4S2. The number of ether oxygens (including phenoxy) is 1. The van der Waals surface area contributed by atoms with Crippen molar-refractivity contribution in [3.63, 3.8) is 0 Å². The molecule has 1 amide bonds. The smallest absolute Gasteiger partial charge is 0.274 e. The van der Waals surface area contributed by atoms with E-state index in [2.05, 4.69) is 9.89 Å². The van der Waals surface area contributed by atoms with Gasteiger partial charge in [0.1, 0.15) is 6.61 Å². The topological polar surface area (TPSA) is 76.0 Å². The molecular weight excluding hydrogens is 336 g/mol. The molecule has 6 nitrogen and oxygen atoms in total. The van der Waals surface area contributed by atoms with Crippen molar-refractivity contribution in [1.29, 1.82) is 0 Å². The fourth-order valence-corrected chi connectivity index (χ4v) is 8.78. The Morgan fingerprint density at radius 2 is 2.13 bits per heavy atom. The fourth-order valence-electron chi connectivity index (χ4n) is 4.79. The molecule has 0 radical (unpaired) electrons. The number of methoxy groups -OCH3 is 1. The van der Waals surface area contributed by atoms with Gasteiger partial charge in [-0.2, -0.15) is 4.99 Å². The van der Waals surface area contributed by atoms with Crippen molar-refractivity contribution < 1.29 is 17.9 Å². The molecule has 2 bridgehead atoms. The summed E-state index contributed by atoms with van der Waals surface area (Å²) in [7, 11) is -1.49. The van der Waals surface area contributed by atoms with Crippen molar-refractivity contribution >= 4 is 32.7 Å². The Bertz CT molecular complexity index is 648. The number of fused-ring (bicyclic) bond motifs is 3. The summed E-state index contributed by atoms with van der Waals surface area (Å²) in [4.78, 5) is 18.4. The van der Waals surface area contributed by atoms with E-state index < -0.39 is 9.84 Å². The van der Waals surface area contributed by atoms with Crippen LogP contribution in [-0.2, 0) is 19.4 Å².